The molecule has 15 aromatic rings. The highest BCUT2D eigenvalue weighted by molar-refractivity contribution is 6.18. The Kier molecular flexibility index (Phi) is 13.4. The van der Waals surface area contributed by atoms with Gasteiger partial charge in [0.2, 0.25) is 0 Å². The van der Waals surface area contributed by atoms with E-state index in [4.69, 9.17) is 9.47 Å². The van der Waals surface area contributed by atoms with E-state index in [1.165, 1.54) is 87.4 Å². The number of hydrogen-bond acceptors (Lipinski definition) is 2. The van der Waals surface area contributed by atoms with Crippen LogP contribution in [0.5, 0.6) is 0 Å². The first kappa shape index (κ1) is 53.0. The van der Waals surface area contributed by atoms with Crippen molar-refractivity contribution in [3.05, 3.63) is 266 Å². The third kappa shape index (κ3) is 9.11. The molecule has 6 nitrogen and oxygen atoms in total. The van der Waals surface area contributed by atoms with Gasteiger partial charge in [0.1, 0.15) is 0 Å². The van der Waals surface area contributed by atoms with Gasteiger partial charge in [0.05, 0.1) is 56.3 Å². The van der Waals surface area contributed by atoms with E-state index >= 15 is 0 Å². The van der Waals surface area contributed by atoms with Gasteiger partial charge in [-0.05, 0) is 175 Å². The van der Waals surface area contributed by atoms with Crippen molar-refractivity contribution in [3.8, 4) is 45.0 Å². The van der Waals surface area contributed by atoms with Crippen molar-refractivity contribution in [1.82, 2.24) is 18.3 Å². The summed E-state index contributed by atoms with van der Waals surface area (Å²) in [6.45, 7) is 10.9. The summed E-state index contributed by atoms with van der Waals surface area (Å²) in [5.74, 6) is 0.538. The SMILES string of the molecule is C=C(C)CC(Cc1cc(-n2c3ccccc3c3ccccc32)cc(-n2c3ccccc3c3c(-c4ccc5c(c4)c4cc(-c6cccc(-n7c8ccccc8c8ccccc87)c6)ccc4n5-c4cccc(CC(CC(C)C)OC)c4)cccc32)c1)OC. The number of methoxy groups -OCH3 is 2. The van der Waals surface area contributed by atoms with Crippen LogP contribution in [0.15, 0.2) is 255 Å². The van der Waals surface area contributed by atoms with Gasteiger partial charge in [0, 0.05) is 80.1 Å². The molecule has 420 valence electrons. The fourth-order valence-corrected chi connectivity index (χ4v) is 14.2. The van der Waals surface area contributed by atoms with E-state index in [0.717, 1.165) is 87.2 Å². The zero-order chi connectivity index (χ0) is 58.2. The summed E-state index contributed by atoms with van der Waals surface area (Å²) in [6.07, 6.45) is 3.50. The maximum absolute atomic E-state index is 6.18. The minimum atomic E-state index is -0.0199. The lowest BCUT2D eigenvalue weighted by molar-refractivity contribution is 0.0848. The van der Waals surface area contributed by atoms with E-state index in [1.807, 2.05) is 14.2 Å². The number of nitrogens with zero attached hydrogens (tertiary/aromatic N) is 4. The van der Waals surface area contributed by atoms with Crippen LogP contribution in [-0.4, -0.2) is 44.7 Å². The quantitative estimate of drug-likeness (QED) is 0.0905. The molecule has 86 heavy (non-hydrogen) atoms. The number of fused-ring (bicyclic) bond motifs is 12. The monoisotopic (exact) mass is 1120 g/mol. The molecule has 2 atom stereocenters. The lowest BCUT2D eigenvalue weighted by Crippen LogP contribution is -2.16. The molecule has 4 heterocycles. The summed E-state index contributed by atoms with van der Waals surface area (Å²) in [7, 11) is 3.67. The zero-order valence-corrected chi connectivity index (χ0v) is 49.5. The maximum Gasteiger partial charge on any atom is 0.0648 e. The predicted octanol–water partition coefficient (Wildman–Crippen LogP) is 20.5. The summed E-state index contributed by atoms with van der Waals surface area (Å²) >= 11 is 0. The third-order valence-electron chi connectivity index (χ3n) is 17.9. The van der Waals surface area contributed by atoms with Crippen molar-refractivity contribution < 1.29 is 9.47 Å². The molecular formula is C80H68N4O2. The molecule has 15 rings (SSSR count). The number of hydrogen-bond donors (Lipinski definition) is 0. The summed E-state index contributed by atoms with van der Waals surface area (Å²) < 4.78 is 22.1. The van der Waals surface area contributed by atoms with Crippen LogP contribution in [0.3, 0.4) is 0 Å². The van der Waals surface area contributed by atoms with Crippen molar-refractivity contribution >= 4 is 87.2 Å². The molecule has 0 radical (unpaired) electrons. The summed E-state index contributed by atoms with van der Waals surface area (Å²) in [5.41, 5.74) is 22.1. The second-order valence-corrected chi connectivity index (χ2v) is 24.1. The van der Waals surface area contributed by atoms with Crippen LogP contribution in [0.25, 0.3) is 132 Å². The molecule has 0 N–H and O–H groups in total. The van der Waals surface area contributed by atoms with E-state index in [0.29, 0.717) is 5.92 Å². The molecule has 0 spiro atoms. The van der Waals surface area contributed by atoms with Gasteiger partial charge in [-0.25, -0.2) is 0 Å². The van der Waals surface area contributed by atoms with Crippen LogP contribution in [0.2, 0.25) is 0 Å². The van der Waals surface area contributed by atoms with Gasteiger partial charge in [-0.3, -0.25) is 0 Å². The van der Waals surface area contributed by atoms with E-state index in [1.54, 1.807) is 0 Å². The summed E-state index contributed by atoms with van der Waals surface area (Å²) in [6, 6.07) is 90.4. The molecular weight excluding hydrogens is 1050 g/mol. The van der Waals surface area contributed by atoms with Crippen LogP contribution in [-0.2, 0) is 22.3 Å². The Morgan fingerprint density at radius 1 is 0.360 bits per heavy atom. The highest BCUT2D eigenvalue weighted by Crippen LogP contribution is 2.44. The smallest absolute Gasteiger partial charge is 0.0648 e. The Morgan fingerprint density at radius 2 is 0.779 bits per heavy atom. The normalized spacial score (nSPS) is 12.8. The molecule has 0 saturated carbocycles. The Hall–Kier alpha value is -9.72. The van der Waals surface area contributed by atoms with Crippen molar-refractivity contribution in [2.24, 2.45) is 5.92 Å². The molecule has 0 fully saturated rings. The van der Waals surface area contributed by atoms with Crippen molar-refractivity contribution in [2.75, 3.05) is 14.2 Å². The van der Waals surface area contributed by atoms with Crippen LogP contribution in [0, 0.1) is 5.92 Å². The minimum Gasteiger partial charge on any atom is -0.381 e. The zero-order valence-electron chi connectivity index (χ0n) is 49.5. The minimum absolute atomic E-state index is 0.0199. The summed E-state index contributed by atoms with van der Waals surface area (Å²) in [4.78, 5) is 0. The van der Waals surface area contributed by atoms with E-state index in [2.05, 4.69) is 288 Å². The van der Waals surface area contributed by atoms with Gasteiger partial charge in [-0.2, -0.15) is 0 Å². The highest BCUT2D eigenvalue weighted by Gasteiger charge is 2.23. The van der Waals surface area contributed by atoms with Crippen LogP contribution >= 0.6 is 0 Å². The van der Waals surface area contributed by atoms with Gasteiger partial charge in [0.25, 0.3) is 0 Å². The van der Waals surface area contributed by atoms with Crippen molar-refractivity contribution in [2.45, 2.75) is 58.7 Å². The van der Waals surface area contributed by atoms with Gasteiger partial charge in [-0.15, -0.1) is 6.58 Å². The van der Waals surface area contributed by atoms with Gasteiger partial charge in [0.15, 0.2) is 0 Å². The van der Waals surface area contributed by atoms with Crippen LogP contribution in [0.1, 0.15) is 44.7 Å². The molecule has 4 aromatic heterocycles. The van der Waals surface area contributed by atoms with Gasteiger partial charge >= 0.3 is 0 Å². The molecule has 0 amide bonds. The average Bonchev–Trinajstić information content (AvgIpc) is 3.11. The van der Waals surface area contributed by atoms with E-state index in [-0.39, 0.29) is 12.2 Å². The predicted molar refractivity (Wildman–Crippen MR) is 363 cm³/mol. The second kappa shape index (κ2) is 21.7. The summed E-state index contributed by atoms with van der Waals surface area (Å²) in [5, 5.41) is 9.80. The molecule has 11 aromatic carbocycles. The van der Waals surface area contributed by atoms with Crippen LogP contribution < -0.4 is 0 Å². The largest absolute Gasteiger partial charge is 0.381 e. The first-order valence-corrected chi connectivity index (χ1v) is 30.3. The van der Waals surface area contributed by atoms with Gasteiger partial charge in [-0.1, -0.05) is 159 Å². The Bertz CT molecular complexity index is 5030. The molecule has 0 bridgehead atoms. The molecule has 2 unspecified atom stereocenters. The number of benzene rings is 11. The Morgan fingerprint density at radius 3 is 1.34 bits per heavy atom. The Balaban J connectivity index is 0.922. The maximum atomic E-state index is 6.18. The third-order valence-corrected chi connectivity index (χ3v) is 17.9. The molecule has 0 aliphatic carbocycles. The molecule has 0 aliphatic rings. The fourth-order valence-electron chi connectivity index (χ4n) is 14.2. The highest BCUT2D eigenvalue weighted by atomic mass is 16.5. The topological polar surface area (TPSA) is 38.2 Å². The second-order valence-electron chi connectivity index (χ2n) is 24.1. The van der Waals surface area contributed by atoms with E-state index in [9.17, 15) is 0 Å². The fraction of sp³-hybridized carbons (Fsp3) is 0.150. The first-order valence-electron chi connectivity index (χ1n) is 30.3. The lowest BCUT2D eigenvalue weighted by Gasteiger charge is -2.19. The first-order chi connectivity index (χ1) is 42.2. The van der Waals surface area contributed by atoms with Crippen LogP contribution in [0.4, 0.5) is 0 Å². The van der Waals surface area contributed by atoms with Crippen molar-refractivity contribution in [3.63, 3.8) is 0 Å². The van der Waals surface area contributed by atoms with Gasteiger partial charge < -0.3 is 27.7 Å². The average molecular weight is 1120 g/mol. The number of rotatable bonds is 16. The lowest BCUT2D eigenvalue weighted by atomic mass is 9.97. The number of para-hydroxylation sites is 5. The molecule has 0 saturated heterocycles. The molecule has 6 heteroatoms. The number of aromatic nitrogens is 4. The van der Waals surface area contributed by atoms with Crippen molar-refractivity contribution in [1.29, 1.82) is 0 Å². The molecule has 0 aliphatic heterocycles. The van der Waals surface area contributed by atoms with E-state index < -0.39 is 0 Å². The standard InChI is InChI=1S/C80H68N4O2/c1-51(2)40-62(85-5)45-53-20-17-22-58(42-53)81-77-38-36-56(55-21-18-23-59(47-55)82-72-30-12-7-24-65(72)66-25-8-13-31-73(66)82)48-70(77)71-49-57(37-39-78(71)81)64-29-19-35-79-80(64)69-28-11-16-34-76(69)84(79)61-44-54(46-63(86-6)41-52(3)4)43-60(50-61)83-74-32-14-9-26-67(74)68-27-10-15-33-75(68)83/h7-39,42-44,47-51,62-63H,3,40-41,45-46H2,1-2,4-6H3. The number of ether oxygens (including phenoxy) is 2. The Labute approximate surface area is 502 Å².